The Morgan fingerprint density at radius 2 is 2.00 bits per heavy atom. The molecule has 0 radical (unpaired) electrons. The van der Waals surface area contributed by atoms with Gasteiger partial charge in [0.05, 0.1) is 0 Å². The van der Waals surface area contributed by atoms with Gasteiger partial charge < -0.3 is 0 Å². The van der Waals surface area contributed by atoms with Crippen molar-refractivity contribution in [2.75, 3.05) is 0 Å². The number of hydrogen-bond acceptors (Lipinski definition) is 2. The number of carbonyl (C=O) groups is 2. The minimum atomic E-state index is -0.804. The molecule has 0 aromatic carbocycles. The summed E-state index contributed by atoms with van der Waals surface area (Å²) >= 11 is 10.0. The molecule has 0 aliphatic rings. The highest BCUT2D eigenvalue weighted by molar-refractivity contribution is 6.55. The predicted octanol–water partition coefficient (Wildman–Crippen LogP) is 1.07. The summed E-state index contributed by atoms with van der Waals surface area (Å²) in [6.07, 6.45) is 0.0984. The van der Waals surface area contributed by atoms with Crippen LogP contribution in [0.5, 0.6) is 0 Å². The molecule has 0 aromatic heterocycles. The molecule has 2 nitrogen and oxygen atoms in total. The Morgan fingerprint density at radius 3 is 2.12 bits per heavy atom. The van der Waals surface area contributed by atoms with E-state index in [-0.39, 0.29) is 11.3 Å². The molecule has 0 saturated carbocycles. The van der Waals surface area contributed by atoms with Crippen molar-refractivity contribution in [1.82, 2.24) is 0 Å². The summed E-state index contributed by atoms with van der Waals surface area (Å²) in [5.74, 6) is -0.804. The third-order valence-electron chi connectivity index (χ3n) is 0.438. The molecule has 4 heteroatoms. The summed E-state index contributed by atoms with van der Waals surface area (Å²) in [5, 5.41) is -0.262. The lowest BCUT2D eigenvalue weighted by molar-refractivity contribution is -0.127. The number of Topliss-reactive ketones (excluding diaryl/α,β-unsaturated/α-hetero) is 1. The first-order valence-electron chi connectivity index (χ1n) is 1.67. The van der Waals surface area contributed by atoms with Crippen molar-refractivity contribution in [2.45, 2.75) is 0 Å². The fourth-order valence-corrected chi connectivity index (χ4v) is 0.262. The van der Waals surface area contributed by atoms with Crippen LogP contribution in [0.4, 0.5) is 0 Å². The summed E-state index contributed by atoms with van der Waals surface area (Å²) in [6, 6.07) is 0. The van der Waals surface area contributed by atoms with E-state index >= 15 is 0 Å². The molecule has 0 spiro atoms. The standard InChI is InChI=1S/C4H2Cl2O2/c5-1-3(6)4(8)2-7/h1-2H. The second kappa shape index (κ2) is 3.64. The highest BCUT2D eigenvalue weighted by Gasteiger charge is 2.01. The molecular weight excluding hydrogens is 151 g/mol. The van der Waals surface area contributed by atoms with Crippen LogP contribution < -0.4 is 0 Å². The Morgan fingerprint density at radius 1 is 1.50 bits per heavy atom. The van der Waals surface area contributed by atoms with Gasteiger partial charge in [0.1, 0.15) is 5.03 Å². The molecule has 0 rings (SSSR count). The maximum atomic E-state index is 10.1. The van der Waals surface area contributed by atoms with E-state index in [1.807, 2.05) is 0 Å². The molecule has 0 atom stereocenters. The van der Waals surface area contributed by atoms with E-state index in [2.05, 4.69) is 0 Å². The van der Waals surface area contributed by atoms with Crippen molar-refractivity contribution in [3.8, 4) is 0 Å². The zero-order valence-corrected chi connectivity index (χ0v) is 5.24. The molecule has 0 N–H and O–H groups in total. The number of aldehydes is 1. The minimum absolute atomic E-state index is 0.0984. The molecule has 44 valence electrons. The van der Waals surface area contributed by atoms with Crippen molar-refractivity contribution in [1.29, 1.82) is 0 Å². The van der Waals surface area contributed by atoms with Crippen LogP contribution in [-0.2, 0) is 9.59 Å². The van der Waals surface area contributed by atoms with Gasteiger partial charge in [-0.2, -0.15) is 0 Å². The second-order valence-corrected chi connectivity index (χ2v) is 1.56. The van der Waals surface area contributed by atoms with E-state index in [0.717, 1.165) is 5.54 Å². The molecule has 0 aliphatic carbocycles. The Hall–Kier alpha value is -0.340. The molecule has 0 saturated heterocycles. The largest absolute Gasteiger partial charge is 0.294 e. The average molecular weight is 153 g/mol. The molecule has 8 heavy (non-hydrogen) atoms. The van der Waals surface area contributed by atoms with E-state index in [1.54, 1.807) is 0 Å². The van der Waals surface area contributed by atoms with Gasteiger partial charge in [0.25, 0.3) is 0 Å². The average Bonchev–Trinajstić information content (AvgIpc) is 1.84. The fourth-order valence-electron chi connectivity index (χ4n) is 0.110. The first-order chi connectivity index (χ1) is 3.72. The van der Waals surface area contributed by atoms with Gasteiger partial charge in [-0.15, -0.1) is 0 Å². The molecule has 0 heterocycles. The normalized spacial score (nSPS) is 11.0. The van der Waals surface area contributed by atoms with Crippen LogP contribution in [0, 0.1) is 0 Å². The maximum absolute atomic E-state index is 10.1. The van der Waals surface area contributed by atoms with Gasteiger partial charge in [-0.3, -0.25) is 9.59 Å². The third-order valence-corrected chi connectivity index (χ3v) is 1.06. The predicted molar refractivity (Wildman–Crippen MR) is 30.9 cm³/mol. The van der Waals surface area contributed by atoms with Gasteiger partial charge in [0.2, 0.25) is 5.78 Å². The summed E-state index contributed by atoms with van der Waals surface area (Å²) in [5.41, 5.74) is 0.846. The Kier molecular flexibility index (Phi) is 3.48. The lowest BCUT2D eigenvalue weighted by Gasteiger charge is -1.79. The van der Waals surface area contributed by atoms with Gasteiger partial charge in [-0.05, 0) is 0 Å². The van der Waals surface area contributed by atoms with E-state index < -0.39 is 5.78 Å². The molecule has 0 amide bonds. The quantitative estimate of drug-likeness (QED) is 0.337. The minimum Gasteiger partial charge on any atom is -0.294 e. The van der Waals surface area contributed by atoms with Gasteiger partial charge in [0.15, 0.2) is 6.29 Å². The van der Waals surface area contributed by atoms with Crippen LogP contribution in [-0.4, -0.2) is 12.1 Å². The summed E-state index contributed by atoms with van der Waals surface area (Å²) in [6.45, 7) is 0. The number of hydrogen-bond donors (Lipinski definition) is 0. The van der Waals surface area contributed by atoms with Crippen molar-refractivity contribution in [3.05, 3.63) is 10.6 Å². The molecule has 0 aromatic rings. The van der Waals surface area contributed by atoms with Crippen LogP contribution in [0.25, 0.3) is 0 Å². The first kappa shape index (κ1) is 7.66. The highest BCUT2D eigenvalue weighted by atomic mass is 35.5. The number of carbonyl (C=O) groups excluding carboxylic acids is 2. The number of rotatable bonds is 2. The number of halogens is 2. The van der Waals surface area contributed by atoms with Crippen molar-refractivity contribution < 1.29 is 9.59 Å². The molecular formula is C4H2Cl2O2. The van der Waals surface area contributed by atoms with Crippen molar-refractivity contribution in [2.24, 2.45) is 0 Å². The lowest BCUT2D eigenvalue weighted by Crippen LogP contribution is -1.96. The lowest BCUT2D eigenvalue weighted by atomic mass is 10.4. The SMILES string of the molecule is O=CC(=O)C(Cl)=CCl. The first-order valence-corrected chi connectivity index (χ1v) is 2.49. The molecule has 0 aliphatic heterocycles. The van der Waals surface area contributed by atoms with Gasteiger partial charge >= 0.3 is 0 Å². The summed E-state index contributed by atoms with van der Waals surface area (Å²) in [7, 11) is 0. The Labute approximate surface area is 56.1 Å². The van der Waals surface area contributed by atoms with Gasteiger partial charge in [0, 0.05) is 5.54 Å². The zero-order chi connectivity index (χ0) is 6.57. The topological polar surface area (TPSA) is 34.1 Å². The van der Waals surface area contributed by atoms with Gasteiger partial charge in [-0.25, -0.2) is 0 Å². The fraction of sp³-hybridized carbons (Fsp3) is 0. The van der Waals surface area contributed by atoms with E-state index in [0.29, 0.717) is 0 Å². The molecule has 0 bridgehead atoms. The number of allylic oxidation sites excluding steroid dienone is 1. The van der Waals surface area contributed by atoms with Crippen molar-refractivity contribution >= 4 is 35.3 Å². The number of ketones is 1. The second-order valence-electron chi connectivity index (χ2n) is 0.939. The maximum Gasteiger partial charge on any atom is 0.237 e. The van der Waals surface area contributed by atoms with E-state index in [1.165, 1.54) is 0 Å². The van der Waals surface area contributed by atoms with Crippen LogP contribution in [0.15, 0.2) is 10.6 Å². The smallest absolute Gasteiger partial charge is 0.237 e. The third kappa shape index (κ3) is 2.09. The van der Waals surface area contributed by atoms with E-state index in [4.69, 9.17) is 23.2 Å². The molecule has 0 unspecified atom stereocenters. The van der Waals surface area contributed by atoms with Crippen LogP contribution in [0.1, 0.15) is 0 Å². The Balaban J connectivity index is 4.03. The van der Waals surface area contributed by atoms with Crippen LogP contribution in [0.2, 0.25) is 0 Å². The zero-order valence-electron chi connectivity index (χ0n) is 3.73. The highest BCUT2D eigenvalue weighted by Crippen LogP contribution is 2.01. The van der Waals surface area contributed by atoms with Crippen molar-refractivity contribution in [3.63, 3.8) is 0 Å². The van der Waals surface area contributed by atoms with Gasteiger partial charge in [-0.1, -0.05) is 23.2 Å². The monoisotopic (exact) mass is 152 g/mol. The summed E-state index contributed by atoms with van der Waals surface area (Å²) < 4.78 is 0. The molecule has 0 fully saturated rings. The van der Waals surface area contributed by atoms with Crippen LogP contribution in [0.3, 0.4) is 0 Å². The van der Waals surface area contributed by atoms with Crippen LogP contribution >= 0.6 is 23.2 Å². The van der Waals surface area contributed by atoms with E-state index in [9.17, 15) is 9.59 Å². The Bertz CT molecular complexity index is 139. The summed E-state index contributed by atoms with van der Waals surface area (Å²) in [4.78, 5) is 19.7.